The topological polar surface area (TPSA) is 6.48 Å². The highest BCUT2D eigenvalue weighted by Crippen LogP contribution is 2.30. The van der Waals surface area contributed by atoms with Crippen LogP contribution < -0.4 is 9.80 Å². The molecule has 0 heterocycles. The zero-order valence-corrected chi connectivity index (χ0v) is 21.1. The van der Waals surface area contributed by atoms with Crippen LogP contribution >= 0.6 is 0 Å². The van der Waals surface area contributed by atoms with E-state index in [4.69, 9.17) is 0 Å². The van der Waals surface area contributed by atoms with Gasteiger partial charge in [0.05, 0.1) is 13.1 Å². The molecule has 0 atom stereocenters. The van der Waals surface area contributed by atoms with Crippen molar-refractivity contribution < 1.29 is 0 Å². The minimum Gasteiger partial charge on any atom is -0.330 e. The van der Waals surface area contributed by atoms with Crippen LogP contribution in [0.1, 0.15) is 55.4 Å². The Labute approximate surface area is 209 Å². The summed E-state index contributed by atoms with van der Waals surface area (Å²) < 4.78 is 0. The summed E-state index contributed by atoms with van der Waals surface area (Å²) in [6.07, 6.45) is 1.25. The summed E-state index contributed by atoms with van der Waals surface area (Å²) in [7, 11) is 0. The van der Waals surface area contributed by atoms with Crippen molar-refractivity contribution in [3.05, 3.63) is 84.9 Å². The molecule has 0 N–H and O–H groups in total. The van der Waals surface area contributed by atoms with E-state index in [-0.39, 0.29) is 7.43 Å². The van der Waals surface area contributed by atoms with Crippen LogP contribution in [0.3, 0.4) is 0 Å². The molecule has 0 saturated carbocycles. The molecule has 0 fully saturated rings. The summed E-state index contributed by atoms with van der Waals surface area (Å²) in [6.45, 7) is 13.3. The molecule has 2 nitrogen and oxygen atoms in total. The van der Waals surface area contributed by atoms with E-state index >= 15 is 0 Å². The third-order valence-corrected chi connectivity index (χ3v) is 4.44. The lowest BCUT2D eigenvalue weighted by molar-refractivity contribution is 1.09. The van der Waals surface area contributed by atoms with Crippen LogP contribution in [0.4, 0.5) is 22.7 Å². The minimum atomic E-state index is 0. The fourth-order valence-electron chi connectivity index (χ4n) is 3.01. The van der Waals surface area contributed by atoms with Crippen LogP contribution in [0.2, 0.25) is 0 Å². The highest BCUT2D eigenvalue weighted by atomic mass is 15.1. The first kappa shape index (κ1) is 30.4. The Morgan fingerprint density at radius 1 is 0.529 bits per heavy atom. The lowest BCUT2D eigenvalue weighted by Gasteiger charge is -2.26. The molecule has 0 aromatic heterocycles. The fourth-order valence-corrected chi connectivity index (χ4v) is 3.01. The quantitative estimate of drug-likeness (QED) is 0.343. The third-order valence-electron chi connectivity index (χ3n) is 4.44. The number of anilines is 4. The molecule has 0 bridgehead atoms. The zero-order chi connectivity index (χ0) is 24.3. The Bertz CT molecular complexity index is 917. The molecule has 0 saturated heterocycles. The Kier molecular flexibility index (Phi) is 16.9. The first-order valence-corrected chi connectivity index (χ1v) is 11.8. The molecular formula is C32H42N2. The molecule has 0 aliphatic heterocycles. The predicted molar refractivity (Wildman–Crippen MR) is 154 cm³/mol. The lowest BCUT2D eigenvalue weighted by atomic mass is 10.2. The summed E-state index contributed by atoms with van der Waals surface area (Å²) in [6, 6.07) is 29.3. The van der Waals surface area contributed by atoms with Crippen LogP contribution in [0, 0.1) is 23.7 Å². The molecule has 0 unspecified atom stereocenters. The average molecular weight is 455 g/mol. The summed E-state index contributed by atoms with van der Waals surface area (Å²) in [5, 5.41) is 0. The van der Waals surface area contributed by atoms with Gasteiger partial charge in [0.2, 0.25) is 0 Å². The number of benzene rings is 3. The molecule has 180 valence electrons. The Balaban J connectivity index is 0.00000168. The van der Waals surface area contributed by atoms with E-state index in [1.807, 2.05) is 39.8 Å². The summed E-state index contributed by atoms with van der Waals surface area (Å²) in [4.78, 5) is 4.44. The number of para-hydroxylation sites is 2. The lowest BCUT2D eigenvalue weighted by Crippen LogP contribution is -2.19. The van der Waals surface area contributed by atoms with Crippen molar-refractivity contribution in [1.82, 2.24) is 0 Å². The fraction of sp³-hybridized carbons (Fsp3) is 0.312. The van der Waals surface area contributed by atoms with E-state index in [9.17, 15) is 0 Å². The van der Waals surface area contributed by atoms with Gasteiger partial charge in [-0.15, -0.1) is 11.8 Å². The summed E-state index contributed by atoms with van der Waals surface area (Å²) in [5.74, 6) is 12.4. The highest BCUT2D eigenvalue weighted by Gasteiger charge is 2.11. The zero-order valence-electron chi connectivity index (χ0n) is 21.1. The molecule has 3 aromatic rings. The molecule has 2 heteroatoms. The molecule has 0 amide bonds. The van der Waals surface area contributed by atoms with Gasteiger partial charge in [-0.2, -0.15) is 0 Å². The van der Waals surface area contributed by atoms with Crippen molar-refractivity contribution >= 4 is 22.7 Å². The monoisotopic (exact) mass is 454 g/mol. The third kappa shape index (κ3) is 9.89. The molecule has 34 heavy (non-hydrogen) atoms. The van der Waals surface area contributed by atoms with Crippen molar-refractivity contribution in [1.29, 1.82) is 0 Å². The van der Waals surface area contributed by atoms with Gasteiger partial charge < -0.3 is 9.80 Å². The van der Waals surface area contributed by atoms with Crippen LogP contribution in [-0.2, 0) is 0 Å². The van der Waals surface area contributed by atoms with E-state index in [1.165, 1.54) is 6.42 Å². The maximum atomic E-state index is 3.18. The largest absolute Gasteiger partial charge is 0.330 e. The average Bonchev–Trinajstić information content (AvgIpc) is 2.88. The molecule has 3 aromatic carbocycles. The summed E-state index contributed by atoms with van der Waals surface area (Å²) >= 11 is 0. The molecule has 0 aliphatic rings. The number of hydrogen-bond acceptors (Lipinski definition) is 2. The van der Waals surface area contributed by atoms with Gasteiger partial charge in [-0.3, -0.25) is 0 Å². The van der Waals surface area contributed by atoms with Crippen LogP contribution in [0.5, 0.6) is 0 Å². The van der Waals surface area contributed by atoms with Gasteiger partial charge in [-0.1, -0.05) is 89.8 Å². The van der Waals surface area contributed by atoms with E-state index in [0.29, 0.717) is 13.1 Å². The van der Waals surface area contributed by atoms with Crippen LogP contribution in [0.15, 0.2) is 84.9 Å². The first-order chi connectivity index (χ1) is 16.2. The second-order valence-corrected chi connectivity index (χ2v) is 6.92. The predicted octanol–water partition coefficient (Wildman–Crippen LogP) is 9.09. The molecule has 0 aliphatic carbocycles. The van der Waals surface area contributed by atoms with Crippen LogP contribution in [-0.4, -0.2) is 13.1 Å². The van der Waals surface area contributed by atoms with Crippen molar-refractivity contribution in [3.63, 3.8) is 0 Å². The number of nitrogens with zero attached hydrogens (tertiary/aromatic N) is 2. The van der Waals surface area contributed by atoms with Gasteiger partial charge in [0, 0.05) is 22.7 Å². The van der Waals surface area contributed by atoms with Gasteiger partial charge in [0.25, 0.3) is 0 Å². The Morgan fingerprint density at radius 3 is 1.06 bits per heavy atom. The van der Waals surface area contributed by atoms with Gasteiger partial charge >= 0.3 is 0 Å². The van der Waals surface area contributed by atoms with E-state index in [2.05, 4.69) is 120 Å². The van der Waals surface area contributed by atoms with Crippen molar-refractivity contribution in [2.24, 2.45) is 0 Å². The van der Waals surface area contributed by atoms with Crippen LogP contribution in [0.25, 0.3) is 0 Å². The van der Waals surface area contributed by atoms with Crippen molar-refractivity contribution in [2.75, 3.05) is 22.9 Å². The van der Waals surface area contributed by atoms with Crippen molar-refractivity contribution in [3.8, 4) is 23.7 Å². The van der Waals surface area contributed by atoms with Gasteiger partial charge in [0.15, 0.2) is 0 Å². The smallest absolute Gasteiger partial charge is 0.0843 e. The van der Waals surface area contributed by atoms with Gasteiger partial charge in [0.1, 0.15) is 0 Å². The first-order valence-electron chi connectivity index (χ1n) is 11.8. The maximum Gasteiger partial charge on any atom is 0.0843 e. The molecule has 3 rings (SSSR count). The van der Waals surface area contributed by atoms with E-state index in [0.717, 1.165) is 22.7 Å². The molecule has 0 spiro atoms. The minimum absolute atomic E-state index is 0. The number of hydrogen-bond donors (Lipinski definition) is 0. The second kappa shape index (κ2) is 18.9. The Morgan fingerprint density at radius 2 is 0.794 bits per heavy atom. The maximum absolute atomic E-state index is 3.18. The normalized spacial score (nSPS) is 8.53. The van der Waals surface area contributed by atoms with Gasteiger partial charge in [-0.05, 0) is 62.4 Å². The standard InChI is InChI=1S/C26H24N2.C3H8.C2H6.CH4/c1-3-5-21-27(23-13-9-7-10-14-23)25-17-19-26(20-18-25)28(22-6-4-2)24-15-11-8-12-16-24;1-3-2;1-2;/h7-20H,21-22H2,1-2H3;3H2,1-2H3;1-2H3;1H4. The highest BCUT2D eigenvalue weighted by molar-refractivity contribution is 5.70. The molecular weight excluding hydrogens is 412 g/mol. The van der Waals surface area contributed by atoms with E-state index in [1.54, 1.807) is 0 Å². The second-order valence-electron chi connectivity index (χ2n) is 6.92. The molecule has 0 radical (unpaired) electrons. The van der Waals surface area contributed by atoms with Crippen molar-refractivity contribution in [2.45, 2.75) is 55.4 Å². The Hall–Kier alpha value is -3.62. The number of rotatable bonds is 6. The van der Waals surface area contributed by atoms with E-state index < -0.39 is 0 Å². The summed E-state index contributed by atoms with van der Waals surface area (Å²) in [5.41, 5.74) is 4.50. The van der Waals surface area contributed by atoms with Gasteiger partial charge in [-0.25, -0.2) is 0 Å². The SMILES string of the molecule is C.CC.CC#CCN(c1ccccc1)c1ccc(N(CC#CC)c2ccccc2)cc1.CCC.